The van der Waals surface area contributed by atoms with E-state index in [1.165, 1.54) is 0 Å². The van der Waals surface area contributed by atoms with Crippen molar-refractivity contribution in [3.8, 4) is 0 Å². The number of aliphatic hydroxyl groups excluding tert-OH is 1. The van der Waals surface area contributed by atoms with Crippen LogP contribution >= 0.6 is 0 Å². The minimum atomic E-state index is -0.520. The van der Waals surface area contributed by atoms with E-state index in [2.05, 4.69) is 5.32 Å². The lowest BCUT2D eigenvalue weighted by Crippen LogP contribution is -2.16. The molecule has 1 rings (SSSR count). The predicted molar refractivity (Wildman–Crippen MR) is 51.3 cm³/mol. The van der Waals surface area contributed by atoms with E-state index in [9.17, 15) is 4.79 Å². The van der Waals surface area contributed by atoms with Crippen LogP contribution in [-0.4, -0.2) is 17.6 Å². The second-order valence-electron chi connectivity index (χ2n) is 2.73. The summed E-state index contributed by atoms with van der Waals surface area (Å²) < 4.78 is 0. The molecular formula is C9H12N2O2. The van der Waals surface area contributed by atoms with Crippen molar-refractivity contribution in [3.05, 3.63) is 23.8 Å². The summed E-state index contributed by atoms with van der Waals surface area (Å²) in [6.45, 7) is 1.29. The Morgan fingerprint density at radius 3 is 2.92 bits per heavy atom. The molecule has 1 amide bonds. The Kier molecular flexibility index (Phi) is 2.87. The topological polar surface area (TPSA) is 75.3 Å². The monoisotopic (exact) mass is 180 g/mol. The fraction of sp³-hybridized carbons (Fsp3) is 0.222. The summed E-state index contributed by atoms with van der Waals surface area (Å²) in [6.07, 6.45) is 0. The molecule has 4 heteroatoms. The minimum Gasteiger partial charge on any atom is -0.398 e. The summed E-state index contributed by atoms with van der Waals surface area (Å²) in [5.41, 5.74) is 7.69. The van der Waals surface area contributed by atoms with E-state index in [-0.39, 0.29) is 0 Å². The summed E-state index contributed by atoms with van der Waals surface area (Å²) >= 11 is 0. The molecule has 0 heterocycles. The minimum absolute atomic E-state index is 0.436. The van der Waals surface area contributed by atoms with Gasteiger partial charge in [0.05, 0.1) is 0 Å². The van der Waals surface area contributed by atoms with Crippen molar-refractivity contribution in [2.45, 2.75) is 6.92 Å². The van der Waals surface area contributed by atoms with Crippen LogP contribution in [0.5, 0.6) is 0 Å². The molecule has 0 aliphatic rings. The first kappa shape index (κ1) is 9.54. The van der Waals surface area contributed by atoms with Crippen molar-refractivity contribution in [2.75, 3.05) is 17.7 Å². The average molecular weight is 180 g/mol. The molecule has 4 nitrogen and oxygen atoms in total. The maximum absolute atomic E-state index is 10.8. The molecular weight excluding hydrogens is 168 g/mol. The number of benzene rings is 1. The maximum atomic E-state index is 10.8. The number of rotatable bonds is 2. The van der Waals surface area contributed by atoms with Gasteiger partial charge in [-0.25, -0.2) is 0 Å². The van der Waals surface area contributed by atoms with Gasteiger partial charge in [-0.05, 0) is 24.6 Å². The van der Waals surface area contributed by atoms with Gasteiger partial charge in [0.25, 0.3) is 0 Å². The second-order valence-corrected chi connectivity index (χ2v) is 2.73. The number of nitrogens with two attached hydrogens (primary N) is 1. The number of aliphatic hydroxyl groups is 1. The van der Waals surface area contributed by atoms with E-state index in [1.54, 1.807) is 18.2 Å². The second kappa shape index (κ2) is 3.91. The molecule has 0 unspecified atom stereocenters. The summed E-state index contributed by atoms with van der Waals surface area (Å²) in [6, 6.07) is 5.23. The first-order chi connectivity index (χ1) is 6.15. The van der Waals surface area contributed by atoms with Crippen LogP contribution in [0.15, 0.2) is 18.2 Å². The summed E-state index contributed by atoms with van der Waals surface area (Å²) in [4.78, 5) is 10.8. The molecule has 0 saturated heterocycles. The summed E-state index contributed by atoms with van der Waals surface area (Å²) in [7, 11) is 0. The Morgan fingerprint density at radius 2 is 2.31 bits per heavy atom. The third kappa shape index (κ3) is 2.19. The quantitative estimate of drug-likeness (QED) is 0.580. The zero-order valence-electron chi connectivity index (χ0n) is 7.37. The fourth-order valence-corrected chi connectivity index (χ4v) is 0.979. The highest BCUT2D eigenvalue weighted by Gasteiger charge is 2.03. The van der Waals surface area contributed by atoms with Crippen LogP contribution in [0.2, 0.25) is 0 Å². The number of carbonyl (C=O) groups excluding carboxylic acids is 1. The van der Waals surface area contributed by atoms with Crippen LogP contribution in [-0.2, 0) is 4.79 Å². The van der Waals surface area contributed by atoms with Crippen LogP contribution in [0.3, 0.4) is 0 Å². The number of anilines is 2. The largest absolute Gasteiger partial charge is 0.398 e. The standard InChI is InChI=1S/C9H12N2O2/c1-6-7(10)3-2-4-8(6)11-9(13)5-12/h2-4,12H,5,10H2,1H3,(H,11,13). The van der Waals surface area contributed by atoms with Gasteiger partial charge in [-0.1, -0.05) is 6.07 Å². The van der Waals surface area contributed by atoms with E-state index in [0.29, 0.717) is 11.4 Å². The average Bonchev–Trinajstić information content (AvgIpc) is 2.13. The van der Waals surface area contributed by atoms with Crippen molar-refractivity contribution in [1.82, 2.24) is 0 Å². The lowest BCUT2D eigenvalue weighted by Gasteiger charge is -2.08. The predicted octanol–water partition coefficient (Wildman–Crippen LogP) is 0.508. The smallest absolute Gasteiger partial charge is 0.250 e. The van der Waals surface area contributed by atoms with Gasteiger partial charge in [0.1, 0.15) is 6.61 Å². The normalized spacial score (nSPS) is 9.69. The molecule has 0 spiro atoms. The van der Waals surface area contributed by atoms with Gasteiger partial charge in [0, 0.05) is 11.4 Å². The molecule has 70 valence electrons. The van der Waals surface area contributed by atoms with E-state index < -0.39 is 12.5 Å². The molecule has 1 aromatic carbocycles. The van der Waals surface area contributed by atoms with Gasteiger partial charge < -0.3 is 16.2 Å². The van der Waals surface area contributed by atoms with Gasteiger partial charge in [0.15, 0.2) is 0 Å². The fourth-order valence-electron chi connectivity index (χ4n) is 0.979. The summed E-state index contributed by atoms with van der Waals surface area (Å²) in [5.74, 6) is -0.436. The first-order valence-electron chi connectivity index (χ1n) is 3.91. The molecule has 0 aliphatic carbocycles. The molecule has 0 aliphatic heterocycles. The van der Waals surface area contributed by atoms with E-state index in [0.717, 1.165) is 5.56 Å². The number of nitrogen functional groups attached to an aromatic ring is 1. The highest BCUT2D eigenvalue weighted by molar-refractivity contribution is 5.92. The number of carbonyl (C=O) groups is 1. The Balaban J connectivity index is 2.89. The summed E-state index contributed by atoms with van der Waals surface area (Å²) in [5, 5.41) is 11.0. The lowest BCUT2D eigenvalue weighted by atomic mass is 10.1. The lowest BCUT2D eigenvalue weighted by molar-refractivity contribution is -0.118. The van der Waals surface area contributed by atoms with Gasteiger partial charge in [-0.15, -0.1) is 0 Å². The zero-order chi connectivity index (χ0) is 9.84. The Bertz CT molecular complexity index is 323. The van der Waals surface area contributed by atoms with E-state index >= 15 is 0 Å². The molecule has 0 radical (unpaired) electrons. The third-order valence-electron chi connectivity index (χ3n) is 1.79. The van der Waals surface area contributed by atoms with Crippen LogP contribution in [0.25, 0.3) is 0 Å². The maximum Gasteiger partial charge on any atom is 0.250 e. The molecule has 1 aromatic rings. The van der Waals surface area contributed by atoms with Gasteiger partial charge in [-0.3, -0.25) is 4.79 Å². The van der Waals surface area contributed by atoms with Crippen molar-refractivity contribution in [3.63, 3.8) is 0 Å². The highest BCUT2D eigenvalue weighted by Crippen LogP contribution is 2.19. The van der Waals surface area contributed by atoms with Crippen LogP contribution in [0.4, 0.5) is 11.4 Å². The van der Waals surface area contributed by atoms with Crippen molar-refractivity contribution < 1.29 is 9.90 Å². The van der Waals surface area contributed by atoms with Crippen LogP contribution < -0.4 is 11.1 Å². The SMILES string of the molecule is Cc1c(N)cccc1NC(=O)CO. The molecule has 0 atom stereocenters. The van der Waals surface area contributed by atoms with Crippen molar-refractivity contribution >= 4 is 17.3 Å². The van der Waals surface area contributed by atoms with Crippen molar-refractivity contribution in [2.24, 2.45) is 0 Å². The molecule has 0 saturated carbocycles. The van der Waals surface area contributed by atoms with Crippen LogP contribution in [0.1, 0.15) is 5.56 Å². The molecule has 0 fully saturated rings. The first-order valence-corrected chi connectivity index (χ1v) is 3.91. The van der Waals surface area contributed by atoms with Gasteiger partial charge >= 0.3 is 0 Å². The Labute approximate surface area is 76.4 Å². The van der Waals surface area contributed by atoms with Gasteiger partial charge in [0.2, 0.25) is 5.91 Å². The Hall–Kier alpha value is -1.55. The molecule has 0 aromatic heterocycles. The number of nitrogens with one attached hydrogen (secondary N) is 1. The third-order valence-corrected chi connectivity index (χ3v) is 1.79. The van der Waals surface area contributed by atoms with E-state index in [4.69, 9.17) is 10.8 Å². The number of hydrogen-bond acceptors (Lipinski definition) is 3. The molecule has 0 bridgehead atoms. The van der Waals surface area contributed by atoms with Crippen molar-refractivity contribution in [1.29, 1.82) is 0 Å². The van der Waals surface area contributed by atoms with Crippen LogP contribution in [0, 0.1) is 6.92 Å². The van der Waals surface area contributed by atoms with E-state index in [1.807, 2.05) is 6.92 Å². The highest BCUT2D eigenvalue weighted by atomic mass is 16.3. The Morgan fingerprint density at radius 1 is 1.62 bits per heavy atom. The zero-order valence-corrected chi connectivity index (χ0v) is 7.37. The van der Waals surface area contributed by atoms with Gasteiger partial charge in [-0.2, -0.15) is 0 Å². The number of amides is 1. The molecule has 4 N–H and O–H groups in total. The number of hydrogen-bond donors (Lipinski definition) is 3. The molecule has 13 heavy (non-hydrogen) atoms.